The second-order valence-corrected chi connectivity index (χ2v) is 7.14. The van der Waals surface area contributed by atoms with Crippen LogP contribution in [0.4, 0.5) is 4.79 Å². The Kier molecular flexibility index (Phi) is 7.45. The van der Waals surface area contributed by atoms with Gasteiger partial charge in [-0.05, 0) is 30.7 Å². The van der Waals surface area contributed by atoms with E-state index in [-0.39, 0.29) is 24.5 Å². The molecule has 1 aliphatic rings. The Bertz CT molecular complexity index is 591. The number of rotatable bonds is 7. The lowest BCUT2D eigenvalue weighted by Gasteiger charge is -2.32. The first kappa shape index (κ1) is 20.2. The summed E-state index contributed by atoms with van der Waals surface area (Å²) in [5.74, 6) is -0.224. The summed E-state index contributed by atoms with van der Waals surface area (Å²) in [4.78, 5) is 26.9. The van der Waals surface area contributed by atoms with Gasteiger partial charge in [0.05, 0.1) is 12.1 Å². The summed E-state index contributed by atoms with van der Waals surface area (Å²) in [6.07, 6.45) is 1.14. The van der Waals surface area contributed by atoms with Crippen LogP contribution in [0.2, 0.25) is 0 Å². The summed E-state index contributed by atoms with van der Waals surface area (Å²) in [6.45, 7) is 6.46. The molecule has 0 aromatic heterocycles. The quantitative estimate of drug-likeness (QED) is 0.782. The summed E-state index contributed by atoms with van der Waals surface area (Å²) in [5, 5.41) is 12.9. The Morgan fingerprint density at radius 3 is 2.62 bits per heavy atom. The minimum Gasteiger partial charge on any atom is -0.445 e. The molecule has 6 heteroatoms. The number of alkyl carbamates (subject to hydrolysis) is 1. The number of hydrogen-bond donors (Lipinski definition) is 2. The van der Waals surface area contributed by atoms with Crippen molar-refractivity contribution in [2.24, 2.45) is 5.92 Å². The first-order valence-electron chi connectivity index (χ1n) is 9.39. The molecule has 1 heterocycles. The third-order valence-corrected chi connectivity index (χ3v) is 4.86. The van der Waals surface area contributed by atoms with Gasteiger partial charge in [-0.2, -0.15) is 0 Å². The van der Waals surface area contributed by atoms with Crippen LogP contribution in [0, 0.1) is 5.92 Å². The largest absolute Gasteiger partial charge is 0.445 e. The molecule has 144 valence electrons. The third kappa shape index (κ3) is 5.21. The van der Waals surface area contributed by atoms with E-state index in [2.05, 4.69) is 5.32 Å². The first-order valence-corrected chi connectivity index (χ1v) is 9.39. The number of ether oxygens (including phenoxy) is 1. The lowest BCUT2D eigenvalue weighted by Crippen LogP contribution is -2.54. The second-order valence-electron chi connectivity index (χ2n) is 7.14. The average Bonchev–Trinajstić information content (AvgIpc) is 3.13. The number of carbonyl (C=O) groups is 2. The highest BCUT2D eigenvalue weighted by atomic mass is 16.5. The van der Waals surface area contributed by atoms with Gasteiger partial charge in [-0.1, -0.05) is 51.1 Å². The van der Waals surface area contributed by atoms with Crippen molar-refractivity contribution in [3.05, 3.63) is 35.9 Å². The van der Waals surface area contributed by atoms with Crippen LogP contribution in [-0.2, 0) is 16.1 Å². The molecule has 2 rings (SSSR count). The molecule has 0 spiro atoms. The normalized spacial score (nSPS) is 19.3. The van der Waals surface area contributed by atoms with Crippen LogP contribution in [0.25, 0.3) is 0 Å². The van der Waals surface area contributed by atoms with Crippen LogP contribution >= 0.6 is 0 Å². The standard InChI is InChI=1S/C20H30N2O4/c1-4-17(23)16-11-8-12-22(16)19(24)18(14(2)3)21-20(25)26-13-15-9-6-5-7-10-15/h5-7,9-10,14,16-18,23H,4,8,11-13H2,1-3H3,(H,21,25)/t16?,17-,18+/m1/s1. The Labute approximate surface area is 155 Å². The predicted molar refractivity (Wildman–Crippen MR) is 99.4 cm³/mol. The summed E-state index contributed by atoms with van der Waals surface area (Å²) >= 11 is 0. The van der Waals surface area contributed by atoms with Crippen LogP contribution in [0.1, 0.15) is 45.6 Å². The minimum atomic E-state index is -0.664. The number of carbonyl (C=O) groups excluding carboxylic acids is 2. The predicted octanol–water partition coefficient (Wildman–Crippen LogP) is 2.70. The number of aliphatic hydroxyl groups excluding tert-OH is 1. The van der Waals surface area contributed by atoms with Gasteiger partial charge in [0.2, 0.25) is 5.91 Å². The maximum Gasteiger partial charge on any atom is 0.408 e. The molecule has 0 saturated carbocycles. The van der Waals surface area contributed by atoms with E-state index in [0.29, 0.717) is 13.0 Å². The van der Waals surface area contributed by atoms with Crippen LogP contribution in [0.5, 0.6) is 0 Å². The van der Waals surface area contributed by atoms with E-state index in [1.165, 1.54) is 0 Å². The van der Waals surface area contributed by atoms with E-state index in [9.17, 15) is 14.7 Å². The average molecular weight is 362 g/mol. The lowest BCUT2D eigenvalue weighted by atomic mass is 10.0. The van der Waals surface area contributed by atoms with Crippen LogP contribution < -0.4 is 5.32 Å². The smallest absolute Gasteiger partial charge is 0.408 e. The fraction of sp³-hybridized carbons (Fsp3) is 0.600. The maximum absolute atomic E-state index is 13.0. The van der Waals surface area contributed by atoms with Crippen molar-refractivity contribution in [3.8, 4) is 0 Å². The number of aliphatic hydroxyl groups is 1. The summed E-state index contributed by atoms with van der Waals surface area (Å²) < 4.78 is 5.25. The highest BCUT2D eigenvalue weighted by Crippen LogP contribution is 2.24. The van der Waals surface area contributed by atoms with E-state index in [4.69, 9.17) is 4.74 Å². The van der Waals surface area contributed by atoms with Gasteiger partial charge in [-0.25, -0.2) is 4.79 Å². The fourth-order valence-corrected chi connectivity index (χ4v) is 3.32. The van der Waals surface area contributed by atoms with Crippen molar-refractivity contribution in [2.45, 2.75) is 64.8 Å². The molecule has 0 radical (unpaired) electrons. The van der Waals surface area contributed by atoms with Gasteiger partial charge in [-0.3, -0.25) is 4.79 Å². The Morgan fingerprint density at radius 1 is 1.31 bits per heavy atom. The van der Waals surface area contributed by atoms with E-state index in [0.717, 1.165) is 18.4 Å². The van der Waals surface area contributed by atoms with Crippen molar-refractivity contribution < 1.29 is 19.4 Å². The molecule has 0 bridgehead atoms. The van der Waals surface area contributed by atoms with Gasteiger partial charge in [0.1, 0.15) is 12.6 Å². The van der Waals surface area contributed by atoms with E-state index >= 15 is 0 Å². The number of benzene rings is 1. The molecule has 6 nitrogen and oxygen atoms in total. The van der Waals surface area contributed by atoms with E-state index in [1.807, 2.05) is 51.1 Å². The highest BCUT2D eigenvalue weighted by Gasteiger charge is 2.38. The van der Waals surface area contributed by atoms with E-state index < -0.39 is 18.2 Å². The summed E-state index contributed by atoms with van der Waals surface area (Å²) in [5.41, 5.74) is 0.890. The third-order valence-electron chi connectivity index (χ3n) is 4.86. The molecule has 1 unspecified atom stereocenters. The molecule has 1 saturated heterocycles. The van der Waals surface area contributed by atoms with Crippen molar-refractivity contribution in [3.63, 3.8) is 0 Å². The molecular formula is C20H30N2O4. The molecule has 0 aliphatic carbocycles. The number of nitrogens with one attached hydrogen (secondary N) is 1. The number of nitrogens with zero attached hydrogens (tertiary/aromatic N) is 1. The molecule has 1 fully saturated rings. The molecule has 1 aromatic carbocycles. The number of likely N-dealkylation sites (tertiary alicyclic amines) is 1. The van der Waals surface area contributed by atoms with Crippen LogP contribution in [0.15, 0.2) is 30.3 Å². The number of amides is 2. The van der Waals surface area contributed by atoms with Gasteiger partial charge in [0.15, 0.2) is 0 Å². The van der Waals surface area contributed by atoms with Gasteiger partial charge in [0, 0.05) is 6.54 Å². The van der Waals surface area contributed by atoms with Crippen LogP contribution in [0.3, 0.4) is 0 Å². The Balaban J connectivity index is 1.96. The molecule has 2 N–H and O–H groups in total. The SMILES string of the molecule is CC[C@@H](O)C1CCCN1C(=O)[C@@H](NC(=O)OCc1ccccc1)C(C)C. The lowest BCUT2D eigenvalue weighted by molar-refractivity contribution is -0.137. The highest BCUT2D eigenvalue weighted by molar-refractivity contribution is 5.86. The monoisotopic (exact) mass is 362 g/mol. The summed E-state index contributed by atoms with van der Waals surface area (Å²) in [6, 6.07) is 8.57. The maximum atomic E-state index is 13.0. The van der Waals surface area contributed by atoms with Gasteiger partial charge >= 0.3 is 6.09 Å². The molecule has 26 heavy (non-hydrogen) atoms. The van der Waals surface area contributed by atoms with Crippen molar-refractivity contribution in [1.82, 2.24) is 10.2 Å². The van der Waals surface area contributed by atoms with Crippen molar-refractivity contribution in [2.75, 3.05) is 6.54 Å². The Morgan fingerprint density at radius 2 is 2.00 bits per heavy atom. The fourth-order valence-electron chi connectivity index (χ4n) is 3.32. The summed E-state index contributed by atoms with van der Waals surface area (Å²) in [7, 11) is 0. The van der Waals surface area contributed by atoms with Gasteiger partial charge in [0.25, 0.3) is 0 Å². The zero-order chi connectivity index (χ0) is 19.1. The molecule has 1 aliphatic heterocycles. The molecule has 1 aromatic rings. The van der Waals surface area contributed by atoms with Crippen molar-refractivity contribution >= 4 is 12.0 Å². The molecular weight excluding hydrogens is 332 g/mol. The van der Waals surface area contributed by atoms with Gasteiger partial charge < -0.3 is 20.1 Å². The van der Waals surface area contributed by atoms with E-state index in [1.54, 1.807) is 4.90 Å². The molecule has 3 atom stereocenters. The molecule has 2 amide bonds. The van der Waals surface area contributed by atoms with Gasteiger partial charge in [-0.15, -0.1) is 0 Å². The van der Waals surface area contributed by atoms with Crippen molar-refractivity contribution in [1.29, 1.82) is 0 Å². The zero-order valence-electron chi connectivity index (χ0n) is 15.9. The second kappa shape index (κ2) is 9.57. The minimum absolute atomic E-state index is 0.0770. The van der Waals surface area contributed by atoms with Crippen LogP contribution in [-0.4, -0.2) is 46.7 Å². The first-order chi connectivity index (χ1) is 12.4. The zero-order valence-corrected chi connectivity index (χ0v) is 15.9. The Hall–Kier alpha value is -2.08. The topological polar surface area (TPSA) is 78.9 Å². The number of hydrogen-bond acceptors (Lipinski definition) is 4.